The highest BCUT2D eigenvalue weighted by Crippen LogP contribution is 2.38. The molecule has 0 radical (unpaired) electrons. The molecule has 2 nitrogen and oxygen atoms in total. The topological polar surface area (TPSA) is 15.3 Å². The number of nitrogens with zero attached hydrogens (tertiary/aromatic N) is 1. The Hall–Kier alpha value is -0.0800. The molecule has 5 atom stereocenters. The van der Waals surface area contributed by atoms with E-state index >= 15 is 0 Å². The number of rotatable bonds is 6. The van der Waals surface area contributed by atoms with Gasteiger partial charge in [0.05, 0.1) is 0 Å². The molecule has 0 aromatic carbocycles. The van der Waals surface area contributed by atoms with E-state index in [1.54, 1.807) is 0 Å². The van der Waals surface area contributed by atoms with Gasteiger partial charge in [-0.05, 0) is 62.9 Å². The van der Waals surface area contributed by atoms with Gasteiger partial charge in [-0.1, -0.05) is 20.8 Å². The molecule has 0 heterocycles. The molecule has 2 heteroatoms. The van der Waals surface area contributed by atoms with Crippen molar-refractivity contribution >= 4 is 0 Å². The summed E-state index contributed by atoms with van der Waals surface area (Å²) in [6.45, 7) is 10.8. The average molecular weight is 252 g/mol. The molecule has 0 aromatic rings. The van der Waals surface area contributed by atoms with Crippen molar-refractivity contribution in [3.63, 3.8) is 0 Å². The second-order valence-electron chi connectivity index (χ2n) is 7.04. The van der Waals surface area contributed by atoms with Crippen LogP contribution in [0.3, 0.4) is 0 Å². The van der Waals surface area contributed by atoms with Gasteiger partial charge >= 0.3 is 0 Å². The van der Waals surface area contributed by atoms with Gasteiger partial charge in [0, 0.05) is 19.1 Å². The van der Waals surface area contributed by atoms with E-state index in [4.69, 9.17) is 0 Å². The Morgan fingerprint density at radius 3 is 2.33 bits per heavy atom. The van der Waals surface area contributed by atoms with E-state index in [0.717, 1.165) is 36.3 Å². The Morgan fingerprint density at radius 1 is 1.06 bits per heavy atom. The monoisotopic (exact) mass is 252 g/mol. The summed E-state index contributed by atoms with van der Waals surface area (Å²) < 4.78 is 0. The highest BCUT2D eigenvalue weighted by molar-refractivity contribution is 4.88. The minimum absolute atomic E-state index is 0.769. The fourth-order valence-electron chi connectivity index (χ4n) is 3.76. The Labute approximate surface area is 114 Å². The third-order valence-corrected chi connectivity index (χ3v) is 5.08. The van der Waals surface area contributed by atoms with Crippen LogP contribution >= 0.6 is 0 Å². The van der Waals surface area contributed by atoms with Gasteiger partial charge in [0.15, 0.2) is 0 Å². The molecule has 0 bridgehead atoms. The van der Waals surface area contributed by atoms with Crippen molar-refractivity contribution in [2.45, 2.75) is 52.5 Å². The van der Waals surface area contributed by atoms with Crippen LogP contribution in [0.2, 0.25) is 0 Å². The van der Waals surface area contributed by atoms with Crippen LogP contribution in [0.4, 0.5) is 0 Å². The maximum atomic E-state index is 3.71. The Kier molecular flexibility index (Phi) is 5.08. The average Bonchev–Trinajstić information content (AvgIpc) is 2.98. The minimum Gasteiger partial charge on any atom is -0.314 e. The standard InChI is InChI=1S/C16H32N2/c1-5-17-16-7-6-12(2)8-15(16)11-18(4)10-14-9-13(14)3/h12-17H,5-11H2,1-4H3. The molecule has 2 saturated carbocycles. The first-order valence-electron chi connectivity index (χ1n) is 8.02. The predicted octanol–water partition coefficient (Wildman–Crippen LogP) is 2.99. The number of hydrogen-bond donors (Lipinski definition) is 1. The molecule has 1 N–H and O–H groups in total. The van der Waals surface area contributed by atoms with Crippen molar-refractivity contribution < 1.29 is 0 Å². The van der Waals surface area contributed by atoms with Gasteiger partial charge in [-0.15, -0.1) is 0 Å². The van der Waals surface area contributed by atoms with E-state index in [0.29, 0.717) is 0 Å². The third-order valence-electron chi connectivity index (χ3n) is 5.08. The molecule has 2 rings (SSSR count). The second kappa shape index (κ2) is 6.38. The van der Waals surface area contributed by atoms with E-state index in [2.05, 4.69) is 38.0 Å². The molecule has 5 unspecified atom stereocenters. The fourth-order valence-corrected chi connectivity index (χ4v) is 3.76. The van der Waals surface area contributed by atoms with Crippen LogP contribution in [0, 0.1) is 23.7 Å². The normalized spacial score (nSPS) is 40.2. The van der Waals surface area contributed by atoms with Gasteiger partial charge in [0.1, 0.15) is 0 Å². The van der Waals surface area contributed by atoms with E-state index in [1.807, 2.05) is 0 Å². The van der Waals surface area contributed by atoms with Crippen molar-refractivity contribution in [3.8, 4) is 0 Å². The summed E-state index contributed by atoms with van der Waals surface area (Å²) in [5, 5.41) is 3.71. The van der Waals surface area contributed by atoms with Gasteiger partial charge in [0.2, 0.25) is 0 Å². The smallest absolute Gasteiger partial charge is 0.0108 e. The summed E-state index contributed by atoms with van der Waals surface area (Å²) >= 11 is 0. The van der Waals surface area contributed by atoms with Crippen LogP contribution in [0.5, 0.6) is 0 Å². The first-order chi connectivity index (χ1) is 8.60. The molecule has 106 valence electrons. The highest BCUT2D eigenvalue weighted by atomic mass is 15.1. The molecule has 0 amide bonds. The quantitative estimate of drug-likeness (QED) is 0.782. The predicted molar refractivity (Wildman–Crippen MR) is 78.7 cm³/mol. The number of hydrogen-bond acceptors (Lipinski definition) is 2. The van der Waals surface area contributed by atoms with Crippen LogP contribution < -0.4 is 5.32 Å². The largest absolute Gasteiger partial charge is 0.314 e. The van der Waals surface area contributed by atoms with Crippen molar-refractivity contribution in [1.82, 2.24) is 10.2 Å². The van der Waals surface area contributed by atoms with Crippen LogP contribution in [-0.2, 0) is 0 Å². The maximum Gasteiger partial charge on any atom is 0.0108 e. The molecule has 0 saturated heterocycles. The molecule has 0 spiro atoms. The van der Waals surface area contributed by atoms with Crippen LogP contribution in [0.25, 0.3) is 0 Å². The Bertz CT molecular complexity index is 253. The third kappa shape index (κ3) is 3.96. The molecule has 18 heavy (non-hydrogen) atoms. The summed E-state index contributed by atoms with van der Waals surface area (Å²) in [6.07, 6.45) is 5.68. The van der Waals surface area contributed by atoms with E-state index in [9.17, 15) is 0 Å². The van der Waals surface area contributed by atoms with Gasteiger partial charge in [-0.2, -0.15) is 0 Å². The van der Waals surface area contributed by atoms with E-state index in [-0.39, 0.29) is 0 Å². The minimum atomic E-state index is 0.769. The van der Waals surface area contributed by atoms with Crippen molar-refractivity contribution in [2.75, 3.05) is 26.7 Å². The summed E-state index contributed by atoms with van der Waals surface area (Å²) in [5.41, 5.74) is 0. The van der Waals surface area contributed by atoms with E-state index < -0.39 is 0 Å². The lowest BCUT2D eigenvalue weighted by Gasteiger charge is -2.37. The van der Waals surface area contributed by atoms with Gasteiger partial charge in [-0.25, -0.2) is 0 Å². The van der Waals surface area contributed by atoms with Crippen molar-refractivity contribution in [2.24, 2.45) is 23.7 Å². The van der Waals surface area contributed by atoms with Gasteiger partial charge in [-0.3, -0.25) is 0 Å². The second-order valence-corrected chi connectivity index (χ2v) is 7.04. The summed E-state index contributed by atoms with van der Waals surface area (Å²) in [4.78, 5) is 2.60. The Balaban J connectivity index is 1.79. The molecule has 2 aliphatic rings. The first-order valence-corrected chi connectivity index (χ1v) is 8.02. The highest BCUT2D eigenvalue weighted by Gasteiger charge is 2.34. The summed E-state index contributed by atoms with van der Waals surface area (Å²) in [5.74, 6) is 3.78. The van der Waals surface area contributed by atoms with Crippen molar-refractivity contribution in [1.29, 1.82) is 0 Å². The molecular formula is C16H32N2. The maximum absolute atomic E-state index is 3.71. The Morgan fingerprint density at radius 2 is 1.72 bits per heavy atom. The fraction of sp³-hybridized carbons (Fsp3) is 1.00. The van der Waals surface area contributed by atoms with Gasteiger partial charge < -0.3 is 10.2 Å². The van der Waals surface area contributed by atoms with Crippen LogP contribution in [-0.4, -0.2) is 37.6 Å². The first kappa shape index (κ1) is 14.3. The zero-order chi connectivity index (χ0) is 13.1. The lowest BCUT2D eigenvalue weighted by atomic mass is 9.78. The van der Waals surface area contributed by atoms with Gasteiger partial charge in [0.25, 0.3) is 0 Å². The zero-order valence-corrected chi connectivity index (χ0v) is 12.8. The SMILES string of the molecule is CCNC1CCC(C)CC1CN(C)CC1CC1C. The molecule has 2 fully saturated rings. The van der Waals surface area contributed by atoms with Crippen molar-refractivity contribution in [3.05, 3.63) is 0 Å². The zero-order valence-electron chi connectivity index (χ0n) is 12.8. The van der Waals surface area contributed by atoms with Crippen LogP contribution in [0.15, 0.2) is 0 Å². The molecular weight excluding hydrogens is 220 g/mol. The molecule has 0 aromatic heterocycles. The number of nitrogens with one attached hydrogen (secondary N) is 1. The van der Waals surface area contributed by atoms with Crippen LogP contribution in [0.1, 0.15) is 46.5 Å². The molecule has 0 aliphatic heterocycles. The lowest BCUT2D eigenvalue weighted by molar-refractivity contribution is 0.158. The molecule has 2 aliphatic carbocycles. The van der Waals surface area contributed by atoms with E-state index in [1.165, 1.54) is 38.8 Å². The lowest BCUT2D eigenvalue weighted by Crippen LogP contribution is -2.45. The summed E-state index contributed by atoms with van der Waals surface area (Å²) in [7, 11) is 2.33. The summed E-state index contributed by atoms with van der Waals surface area (Å²) in [6, 6.07) is 0.769.